The minimum atomic E-state index is -0.625. The van der Waals surface area contributed by atoms with Crippen LogP contribution < -0.4 is 20.1 Å². The molecule has 0 saturated heterocycles. The molecule has 4 aromatic carbocycles. The molecule has 0 fully saturated rings. The normalized spacial score (nSPS) is 10.8. The van der Waals surface area contributed by atoms with Crippen molar-refractivity contribution in [3.63, 3.8) is 0 Å². The summed E-state index contributed by atoms with van der Waals surface area (Å²) in [5.74, 6) is 0.659. The van der Waals surface area contributed by atoms with Crippen molar-refractivity contribution in [3.05, 3.63) is 85.1 Å². The summed E-state index contributed by atoms with van der Waals surface area (Å²) in [7, 11) is 0. The predicted octanol–water partition coefficient (Wildman–Crippen LogP) is 6.27. The molecular formula is C26H21BrN2O4. The first-order valence-electron chi connectivity index (χ1n) is 10.3. The van der Waals surface area contributed by atoms with Crippen LogP contribution in [-0.2, 0) is 0 Å². The number of rotatable bonds is 5. The molecule has 0 aliphatic rings. The standard InChI is InChI=1S/C26H21BrN2O4/c1-3-28-25(30)32-21-13-9-16-7-5-6-8-19(16)23(21)24-20-12-11-18(27)15-17(20)10-14-22(24)33-26(31)29-4-2/h5-15H,1-4H2,(H,28,30)(H,29,31). The SMILES string of the molecule is [CH2]CNC(=O)Oc1ccc2ccccc2c1-c1c(OC(=O)NC[CH2])ccc2cc(Br)ccc12. The average molecular weight is 505 g/mol. The molecule has 4 aromatic rings. The molecule has 0 aliphatic carbocycles. The summed E-state index contributed by atoms with van der Waals surface area (Å²) in [6.45, 7) is 7.62. The van der Waals surface area contributed by atoms with E-state index in [-0.39, 0.29) is 13.1 Å². The van der Waals surface area contributed by atoms with Gasteiger partial charge in [0.15, 0.2) is 0 Å². The van der Waals surface area contributed by atoms with Crippen LogP contribution in [0.2, 0.25) is 0 Å². The number of halogens is 1. The summed E-state index contributed by atoms with van der Waals surface area (Å²) in [6, 6.07) is 20.8. The maximum atomic E-state index is 12.3. The maximum absolute atomic E-state index is 12.3. The van der Waals surface area contributed by atoms with E-state index in [1.807, 2.05) is 54.6 Å². The number of nitrogens with one attached hydrogen (secondary N) is 2. The second kappa shape index (κ2) is 9.92. The van der Waals surface area contributed by atoms with Crippen molar-refractivity contribution in [1.82, 2.24) is 10.6 Å². The zero-order chi connectivity index (χ0) is 23.4. The molecule has 4 rings (SSSR count). The highest BCUT2D eigenvalue weighted by molar-refractivity contribution is 9.10. The highest BCUT2D eigenvalue weighted by Crippen LogP contribution is 2.45. The van der Waals surface area contributed by atoms with Crippen molar-refractivity contribution >= 4 is 49.7 Å². The predicted molar refractivity (Wildman–Crippen MR) is 133 cm³/mol. The molecule has 166 valence electrons. The van der Waals surface area contributed by atoms with Crippen LogP contribution in [0.15, 0.2) is 71.2 Å². The van der Waals surface area contributed by atoms with E-state index in [0.29, 0.717) is 22.6 Å². The Kier molecular flexibility index (Phi) is 6.79. The third kappa shape index (κ3) is 4.78. The summed E-state index contributed by atoms with van der Waals surface area (Å²) in [4.78, 5) is 24.6. The number of benzene rings is 4. The van der Waals surface area contributed by atoms with Crippen LogP contribution in [-0.4, -0.2) is 25.3 Å². The minimum absolute atomic E-state index is 0.183. The third-order valence-electron chi connectivity index (χ3n) is 5.03. The van der Waals surface area contributed by atoms with Crippen LogP contribution in [0.5, 0.6) is 11.5 Å². The number of hydrogen-bond acceptors (Lipinski definition) is 4. The first-order chi connectivity index (χ1) is 16.0. The van der Waals surface area contributed by atoms with Gasteiger partial charge < -0.3 is 20.1 Å². The fourth-order valence-electron chi connectivity index (χ4n) is 3.69. The molecule has 0 spiro atoms. The molecule has 2 amide bonds. The largest absolute Gasteiger partial charge is 0.412 e. The molecule has 0 aliphatic heterocycles. The zero-order valence-corrected chi connectivity index (χ0v) is 19.3. The summed E-state index contributed by atoms with van der Waals surface area (Å²) >= 11 is 3.51. The van der Waals surface area contributed by atoms with E-state index in [0.717, 1.165) is 26.0 Å². The first-order valence-corrected chi connectivity index (χ1v) is 11.1. The van der Waals surface area contributed by atoms with E-state index in [1.54, 1.807) is 12.1 Å². The molecule has 0 unspecified atom stereocenters. The molecule has 33 heavy (non-hydrogen) atoms. The van der Waals surface area contributed by atoms with Gasteiger partial charge in [-0.05, 0) is 59.7 Å². The Morgan fingerprint density at radius 2 is 1.27 bits per heavy atom. The molecule has 0 saturated carbocycles. The number of ether oxygens (including phenoxy) is 2. The third-order valence-corrected chi connectivity index (χ3v) is 5.52. The fraction of sp³-hybridized carbons (Fsp3) is 0.0769. The zero-order valence-electron chi connectivity index (χ0n) is 17.7. The second-order valence-electron chi connectivity index (χ2n) is 7.10. The van der Waals surface area contributed by atoms with Gasteiger partial charge in [0.1, 0.15) is 11.5 Å². The Bertz CT molecular complexity index is 1350. The molecule has 0 heterocycles. The van der Waals surface area contributed by atoms with Crippen molar-refractivity contribution in [1.29, 1.82) is 0 Å². The smallest absolute Gasteiger partial charge is 0.410 e. The lowest BCUT2D eigenvalue weighted by Crippen LogP contribution is -2.27. The Morgan fingerprint density at radius 1 is 0.727 bits per heavy atom. The van der Waals surface area contributed by atoms with Crippen molar-refractivity contribution in [2.75, 3.05) is 13.1 Å². The van der Waals surface area contributed by atoms with Crippen molar-refractivity contribution in [2.24, 2.45) is 0 Å². The lowest BCUT2D eigenvalue weighted by Gasteiger charge is -2.19. The van der Waals surface area contributed by atoms with E-state index in [2.05, 4.69) is 40.4 Å². The number of amides is 2. The van der Waals surface area contributed by atoms with E-state index >= 15 is 0 Å². The van der Waals surface area contributed by atoms with Crippen LogP contribution in [0.4, 0.5) is 9.59 Å². The molecule has 0 atom stereocenters. The van der Waals surface area contributed by atoms with E-state index in [1.165, 1.54) is 0 Å². The molecule has 2 N–H and O–H groups in total. The minimum Gasteiger partial charge on any atom is -0.410 e. The van der Waals surface area contributed by atoms with Crippen LogP contribution in [0, 0.1) is 13.8 Å². The Balaban J connectivity index is 2.04. The quantitative estimate of drug-likeness (QED) is 0.335. The van der Waals surface area contributed by atoms with Gasteiger partial charge in [-0.2, -0.15) is 0 Å². The van der Waals surface area contributed by atoms with Gasteiger partial charge in [-0.3, -0.25) is 0 Å². The van der Waals surface area contributed by atoms with Gasteiger partial charge in [0.2, 0.25) is 0 Å². The highest BCUT2D eigenvalue weighted by Gasteiger charge is 2.22. The number of carbonyl (C=O) groups excluding carboxylic acids is 2. The topological polar surface area (TPSA) is 76.7 Å². The van der Waals surface area contributed by atoms with E-state index < -0.39 is 12.2 Å². The molecule has 2 radical (unpaired) electrons. The Hall–Kier alpha value is -3.58. The lowest BCUT2D eigenvalue weighted by molar-refractivity contribution is 0.200. The summed E-state index contributed by atoms with van der Waals surface area (Å²) < 4.78 is 12.2. The number of fused-ring (bicyclic) bond motifs is 2. The van der Waals surface area contributed by atoms with Crippen LogP contribution >= 0.6 is 15.9 Å². The van der Waals surface area contributed by atoms with Crippen molar-refractivity contribution < 1.29 is 19.1 Å². The van der Waals surface area contributed by atoms with Gasteiger partial charge in [0.25, 0.3) is 0 Å². The van der Waals surface area contributed by atoms with Gasteiger partial charge in [-0.25, -0.2) is 9.59 Å². The Morgan fingerprint density at radius 3 is 1.88 bits per heavy atom. The van der Waals surface area contributed by atoms with Gasteiger partial charge in [-0.15, -0.1) is 0 Å². The molecule has 0 bridgehead atoms. The average Bonchev–Trinajstić information content (AvgIpc) is 2.79. The number of carbonyl (C=O) groups is 2. The summed E-state index contributed by atoms with van der Waals surface area (Å²) in [6.07, 6.45) is -1.25. The van der Waals surface area contributed by atoms with Crippen molar-refractivity contribution in [3.8, 4) is 22.6 Å². The molecule has 7 heteroatoms. The first kappa shape index (κ1) is 22.6. The molecular weight excluding hydrogens is 484 g/mol. The van der Waals surface area contributed by atoms with Gasteiger partial charge in [0, 0.05) is 28.7 Å². The van der Waals surface area contributed by atoms with E-state index in [9.17, 15) is 9.59 Å². The molecule has 0 aromatic heterocycles. The number of hydrogen-bond donors (Lipinski definition) is 2. The van der Waals surface area contributed by atoms with E-state index in [4.69, 9.17) is 9.47 Å². The second-order valence-corrected chi connectivity index (χ2v) is 8.01. The summed E-state index contributed by atoms with van der Waals surface area (Å²) in [5.41, 5.74) is 1.27. The van der Waals surface area contributed by atoms with Crippen LogP contribution in [0.25, 0.3) is 32.7 Å². The monoisotopic (exact) mass is 504 g/mol. The van der Waals surface area contributed by atoms with Crippen LogP contribution in [0.1, 0.15) is 0 Å². The fourth-order valence-corrected chi connectivity index (χ4v) is 4.07. The molecule has 6 nitrogen and oxygen atoms in total. The van der Waals surface area contributed by atoms with Crippen molar-refractivity contribution in [2.45, 2.75) is 0 Å². The van der Waals surface area contributed by atoms with Gasteiger partial charge in [-0.1, -0.05) is 58.4 Å². The maximum Gasteiger partial charge on any atom is 0.412 e. The van der Waals surface area contributed by atoms with Gasteiger partial charge >= 0.3 is 12.2 Å². The highest BCUT2D eigenvalue weighted by atomic mass is 79.9. The van der Waals surface area contributed by atoms with Crippen LogP contribution in [0.3, 0.4) is 0 Å². The van der Waals surface area contributed by atoms with Gasteiger partial charge in [0.05, 0.1) is 0 Å². The summed E-state index contributed by atoms with van der Waals surface area (Å²) in [5, 5.41) is 8.64. The Labute approximate surface area is 200 Å². The lowest BCUT2D eigenvalue weighted by atomic mass is 9.92.